The van der Waals surface area contributed by atoms with Crippen LogP contribution in [0.5, 0.6) is 0 Å². The van der Waals surface area contributed by atoms with Crippen molar-refractivity contribution < 1.29 is 124 Å². The number of aromatic nitrogens is 21. The first-order valence-corrected chi connectivity index (χ1v) is 56.4. The van der Waals surface area contributed by atoms with Gasteiger partial charge in [0.25, 0.3) is 16.7 Å². The molecule has 9 aliphatic rings. The Morgan fingerprint density at radius 1 is 0.436 bits per heavy atom. The number of aromatic amines is 3. The summed E-state index contributed by atoms with van der Waals surface area (Å²) in [6, 6.07) is 9.62. The van der Waals surface area contributed by atoms with E-state index in [1.165, 1.54) is 52.5 Å². The molecular formula is C63H69F5N26O25P6S8. The summed E-state index contributed by atoms with van der Waals surface area (Å²) >= 11 is 31.9. The van der Waals surface area contributed by atoms with Gasteiger partial charge in [0.2, 0.25) is 11.9 Å². The van der Waals surface area contributed by atoms with Crippen molar-refractivity contribution in [1.82, 2.24) is 104 Å². The molecule has 29 atom stereocenters. The molecule has 133 heavy (non-hydrogen) atoms. The predicted molar refractivity (Wildman–Crippen MR) is 479 cm³/mol. The zero-order valence-electron chi connectivity index (χ0n) is 66.5. The Hall–Kier alpha value is -6.75. The van der Waals surface area contributed by atoms with E-state index in [1.807, 2.05) is 0 Å². The number of hydrogen-bond donors (Lipinski definition) is 14. The molecule has 12 aromatic heterocycles. The summed E-state index contributed by atoms with van der Waals surface area (Å²) in [5.74, 6) is -0.496. The molecule has 18 N–H and O–H groups in total. The highest BCUT2D eigenvalue weighted by molar-refractivity contribution is 8.44. The van der Waals surface area contributed by atoms with Gasteiger partial charge in [-0.3, -0.25) is 51.5 Å². The molecule has 51 nitrogen and oxygen atoms in total. The molecule has 6 unspecified atom stereocenters. The van der Waals surface area contributed by atoms with Crippen LogP contribution >= 0.6 is 76.2 Å². The molecule has 12 aromatic rings. The van der Waals surface area contributed by atoms with E-state index in [1.54, 1.807) is 41.1 Å². The van der Waals surface area contributed by atoms with Crippen molar-refractivity contribution in [3.05, 3.63) is 111 Å². The van der Waals surface area contributed by atoms with Crippen LogP contribution in [0.1, 0.15) is 42.1 Å². The van der Waals surface area contributed by atoms with Gasteiger partial charge in [0, 0.05) is 65.7 Å². The number of alkyl halides is 5. The maximum Gasteiger partial charge on any atom is 0.386 e. The highest BCUT2D eigenvalue weighted by Crippen LogP contribution is 2.63. The van der Waals surface area contributed by atoms with E-state index in [9.17, 15) is 43.4 Å². The van der Waals surface area contributed by atoms with Gasteiger partial charge in [0.1, 0.15) is 89.3 Å². The SMILES string of the molecule is Nc1ccnc2c1ccn2[C@@H]1O[C@@H]2COP(O)(=S)O[C@@H]3C[C@@H](COP(=O)(S)O[C@H]2[C@@H]1F)O[C@H]3n1cnc2c(=O)[nH]ccc21.Nc1nc2c(nnn2[C@@H]2S[C@@H]3COP(O)(=S)O[C@H]4[C@H](F)[C@H](n5ccc6c(N)ccnc65)O[C@@H]4COP(O)(=S)O[C@@H]2[C@@H]3F)c(=O)[nH]1.Nc1nc2c(nnn2[C@@H]2S[C@@H]3COP(O)(=S)O[C@H]4[C@H](F)[C@H](n5nnc6c(N)ccnc65)O[C@@H]4COP(O)(=S)O[C@@H]2[C@@H]3F)c(=O)[nH]1. The van der Waals surface area contributed by atoms with Crippen molar-refractivity contribution in [2.45, 2.75) is 144 Å². The number of nitrogen functional groups attached to an aromatic ring is 5. The third kappa shape index (κ3) is 18.9. The molecule has 0 spiro atoms. The molecule has 0 radical (unpaired) electrons. The predicted octanol–water partition coefficient (Wildman–Crippen LogP) is 4.08. The molecule has 21 rings (SSSR count). The van der Waals surface area contributed by atoms with E-state index in [2.05, 4.69) is 88.0 Å². The number of thiol groups is 1. The van der Waals surface area contributed by atoms with E-state index in [0.717, 1.165) is 37.6 Å². The summed E-state index contributed by atoms with van der Waals surface area (Å²) in [7, 11) is 0. The van der Waals surface area contributed by atoms with Crippen molar-refractivity contribution in [3.63, 3.8) is 0 Å². The van der Waals surface area contributed by atoms with Gasteiger partial charge in [-0.25, -0.2) is 55.8 Å². The van der Waals surface area contributed by atoms with E-state index in [0.29, 0.717) is 39.0 Å². The Bertz CT molecular complexity index is 6780. The smallest absolute Gasteiger partial charge is 0.386 e. The number of anilines is 5. The third-order valence-corrected chi connectivity index (χ3v) is 34.3. The van der Waals surface area contributed by atoms with Crippen LogP contribution < -0.4 is 45.3 Å². The largest absolute Gasteiger partial charge is 0.398 e. The van der Waals surface area contributed by atoms with Crippen molar-refractivity contribution in [2.75, 3.05) is 68.3 Å². The highest BCUT2D eigenvalue weighted by atomic mass is 32.7. The van der Waals surface area contributed by atoms with E-state index < -0.39 is 228 Å². The van der Waals surface area contributed by atoms with E-state index in [-0.39, 0.29) is 69.6 Å². The minimum Gasteiger partial charge on any atom is -0.398 e. The number of halogens is 5. The minimum absolute atomic E-state index is 0.0870. The fourth-order valence-corrected chi connectivity index (χ4v) is 27.8. The first kappa shape index (κ1) is 95.2. The lowest BCUT2D eigenvalue weighted by Gasteiger charge is -2.27. The molecule has 0 saturated carbocycles. The molecule has 6 bridgehead atoms. The zero-order valence-corrected chi connectivity index (χ0v) is 78.4. The quantitative estimate of drug-likeness (QED) is 0.0633. The molecule has 21 heterocycles. The van der Waals surface area contributed by atoms with Crippen LogP contribution in [-0.2, 0) is 137 Å². The van der Waals surface area contributed by atoms with Crippen molar-refractivity contribution in [2.24, 2.45) is 0 Å². The van der Waals surface area contributed by atoms with E-state index >= 15 is 22.0 Å². The van der Waals surface area contributed by atoms with Crippen molar-refractivity contribution in [1.29, 1.82) is 0 Å². The number of fused-ring (bicyclic) bond motifs is 15. The first-order valence-electron chi connectivity index (χ1n) is 38.8. The molecule has 70 heteroatoms. The number of pyridine rings is 4. The number of nitrogens with one attached hydrogen (secondary N) is 3. The van der Waals surface area contributed by atoms with E-state index in [4.69, 9.17) is 161 Å². The molecule has 9 saturated heterocycles. The van der Waals surface area contributed by atoms with Crippen LogP contribution in [0.2, 0.25) is 0 Å². The second kappa shape index (κ2) is 36.8. The number of imidazole rings is 1. The van der Waals surface area contributed by atoms with Crippen LogP contribution in [-0.4, -0.2) is 270 Å². The molecule has 9 fully saturated rings. The lowest BCUT2D eigenvalue weighted by molar-refractivity contribution is -0.0581. The van der Waals surface area contributed by atoms with Crippen molar-refractivity contribution in [3.8, 4) is 0 Å². The zero-order chi connectivity index (χ0) is 93.8. The number of nitrogens with two attached hydrogens (primary N) is 5. The lowest BCUT2D eigenvalue weighted by Crippen LogP contribution is -2.34. The summed E-state index contributed by atoms with van der Waals surface area (Å²) < 4.78 is 192. The maximum absolute atomic E-state index is 16.1. The Balaban J connectivity index is 0.000000129. The molecule has 714 valence electrons. The molecular weight excluding hydrogens is 2060 g/mol. The molecule has 9 aliphatic heterocycles. The number of nitrogens with zero attached hydrogens (tertiary/aromatic N) is 18. The van der Waals surface area contributed by atoms with Gasteiger partial charge in [-0.15, -0.1) is 38.8 Å². The Labute approximate surface area is 777 Å². The Kier molecular flexibility index (Phi) is 26.3. The third-order valence-electron chi connectivity index (χ3n) is 21.9. The number of hydrogen-bond acceptors (Lipinski definition) is 44. The van der Waals surface area contributed by atoms with Crippen LogP contribution in [0.25, 0.3) is 66.6 Å². The fourth-order valence-electron chi connectivity index (χ4n) is 15.9. The van der Waals surface area contributed by atoms with Crippen molar-refractivity contribution >= 4 is 231 Å². The number of rotatable bonds is 6. The first-order chi connectivity index (χ1) is 63.1. The van der Waals surface area contributed by atoms with Crippen LogP contribution in [0.3, 0.4) is 0 Å². The second-order valence-electron chi connectivity index (χ2n) is 30.3. The minimum atomic E-state index is -4.32. The Morgan fingerprint density at radius 2 is 0.865 bits per heavy atom. The average molecular weight is 2130 g/mol. The summed E-state index contributed by atoms with van der Waals surface area (Å²) in [5.41, 5.74) is 29.7. The van der Waals surface area contributed by atoms with Gasteiger partial charge >= 0.3 is 40.4 Å². The Morgan fingerprint density at radius 3 is 1.37 bits per heavy atom. The molecule has 0 aromatic carbocycles. The topological polar surface area (TPSA) is 679 Å². The van der Waals surface area contributed by atoms with Gasteiger partial charge in [0.05, 0.1) is 73.8 Å². The summed E-state index contributed by atoms with van der Waals surface area (Å²) in [4.78, 5) is 124. The van der Waals surface area contributed by atoms with Gasteiger partial charge in [0.15, 0.2) is 82.4 Å². The summed E-state index contributed by atoms with van der Waals surface area (Å²) in [5, 5.41) is 19.9. The van der Waals surface area contributed by atoms with Gasteiger partial charge in [-0.2, -0.15) is 14.6 Å². The summed E-state index contributed by atoms with van der Waals surface area (Å²) in [6.07, 6.45) is -17.8. The highest BCUT2D eigenvalue weighted by Gasteiger charge is 2.58. The lowest BCUT2D eigenvalue weighted by atomic mass is 10.1. The maximum atomic E-state index is 16.1. The molecule has 0 amide bonds. The van der Waals surface area contributed by atoms with Gasteiger partial charge in [-0.1, -0.05) is 27.9 Å². The molecule has 0 aliphatic carbocycles. The number of H-pyrrole nitrogens is 3. The normalized spacial score (nSPS) is 37.5. The van der Waals surface area contributed by atoms with Crippen LogP contribution in [0, 0.1) is 0 Å². The second-order valence-corrected chi connectivity index (χ2v) is 49.9. The monoisotopic (exact) mass is 2130 g/mol. The number of ether oxygens (including phenoxy) is 4. The standard InChI is InChI=1S/C23H25FN6O9P2S2.C21H23F2N9O8P2S3.C19H21F2N11O8P2S3/c24-17-19-16(37-23(17)29-6-3-12-13(25)1-4-26-20(12)29)9-35-40(32,42)38-15-7-11(8-34-41(33,43)39-19)36-22(15)30-10-28-18-14(30)2-5-27-21(18)31;22-11-10-6-37-42(35,44)39-14-9(38-19(12(14)23)31-4-2-7-8(24)1-3-26-16(7)31)5-36-41(34,43)40-15(11)20(45-10)32-17-13(29-30-32)18(33)28-21(25)27-17;20-8-7-4-37-42(35,44)39-12-6(38-17(9(12)21)31-14-10(27-29-31)5(22)1-2-24-14)3-36-41(34,43)40-13(8)18(45-7)32-15-11(28-30-32)16(33)26-19(23)25-15/h1-6,10-11,15-17,19,22-23H,7-9H2,(H2,25,26)(H,27,31)(H,32,42)(H,33,43);1-4,9-12,14-15,19-20H,5-6H2,(H2,24,26)(H,34,43)(H,35,44)(H3,25,27,28,33);1-2,6-9,12-13,17-18H,3-4H2,(H2,22,24)(H,34,43)(H,35,44)(H3,23,25,26,33)/t11-,15+,16+,17-,19+,22+,23+,40?,41?;9-,10-,11-,12+,14-,15-,19-,20-,41?,42?;6-,7-,8-,9+,12-,13-,17-,18-,41?,42?/m011/s1. The van der Waals surface area contributed by atoms with Gasteiger partial charge < -0.3 is 118 Å². The van der Waals surface area contributed by atoms with Crippen LogP contribution in [0.15, 0.2) is 94.3 Å². The number of thioether (sulfide) groups is 2. The van der Waals surface area contributed by atoms with Crippen LogP contribution in [0.4, 0.5) is 50.9 Å². The summed E-state index contributed by atoms with van der Waals surface area (Å²) in [6.45, 7) is -28.4. The fraction of sp³-hybridized carbons (Fsp3) is 0.476. The van der Waals surface area contributed by atoms with Gasteiger partial charge in [-0.05, 0) is 95.4 Å². The average Bonchev–Trinajstić information content (AvgIpc) is 1.63.